The molecule has 8 nitrogen and oxygen atoms in total. The Morgan fingerprint density at radius 1 is 1.24 bits per heavy atom. The average Bonchev–Trinajstić information content (AvgIpc) is 3.24. The average molecular weight is 467 g/mol. The number of carbonyl (C=O) groups is 1. The molecule has 3 aromatic rings. The van der Waals surface area contributed by atoms with E-state index >= 15 is 0 Å². The Bertz CT molecular complexity index is 1170. The lowest BCUT2D eigenvalue weighted by Crippen LogP contribution is -2.44. The van der Waals surface area contributed by atoms with Crippen molar-refractivity contribution in [2.45, 2.75) is 25.8 Å². The summed E-state index contributed by atoms with van der Waals surface area (Å²) in [6.07, 6.45) is -0.282. The molecule has 3 N–H and O–H groups in total. The number of ether oxygens (including phenoxy) is 1. The Morgan fingerprint density at radius 3 is 2.65 bits per heavy atom. The number of nitrogens with zero attached hydrogens (tertiary/aromatic N) is 3. The Hall–Kier alpha value is -3.72. The van der Waals surface area contributed by atoms with Crippen molar-refractivity contribution in [2.75, 3.05) is 26.3 Å². The van der Waals surface area contributed by atoms with Crippen LogP contribution in [0, 0.1) is 5.82 Å². The molecule has 0 amide bonds. The van der Waals surface area contributed by atoms with Crippen LogP contribution in [0.15, 0.2) is 58.0 Å². The number of guanidine groups is 1. The maximum absolute atomic E-state index is 14.9. The number of aromatic nitrogens is 1. The van der Waals surface area contributed by atoms with Gasteiger partial charge >= 0.3 is 5.97 Å². The lowest BCUT2D eigenvalue weighted by molar-refractivity contribution is -0.136. The normalized spacial score (nSPS) is 15.4. The molecule has 0 aliphatic carbocycles. The largest absolute Gasteiger partial charge is 0.481 e. The van der Waals surface area contributed by atoms with Gasteiger partial charge in [0.2, 0.25) is 0 Å². The zero-order valence-electron chi connectivity index (χ0n) is 18.9. The van der Waals surface area contributed by atoms with Crippen LogP contribution in [0.5, 0.6) is 0 Å². The lowest BCUT2D eigenvalue weighted by Gasteiger charge is -2.27. The molecule has 1 aromatic heterocycles. The summed E-state index contributed by atoms with van der Waals surface area (Å²) >= 11 is 0. The van der Waals surface area contributed by atoms with Gasteiger partial charge in [0, 0.05) is 30.1 Å². The third kappa shape index (κ3) is 5.26. The van der Waals surface area contributed by atoms with E-state index in [1.54, 1.807) is 6.07 Å². The van der Waals surface area contributed by atoms with Gasteiger partial charge in [0.25, 0.3) is 0 Å². The minimum atomic E-state index is -1.02. The van der Waals surface area contributed by atoms with Gasteiger partial charge in [-0.25, -0.2) is 9.38 Å². The highest BCUT2D eigenvalue weighted by molar-refractivity contribution is 5.78. The van der Waals surface area contributed by atoms with Crippen molar-refractivity contribution in [3.63, 3.8) is 0 Å². The summed E-state index contributed by atoms with van der Waals surface area (Å²) in [7, 11) is 0. The molecular formula is C25H27FN4O4. The van der Waals surface area contributed by atoms with Gasteiger partial charge in [-0.1, -0.05) is 54.5 Å². The molecule has 1 aliphatic heterocycles. The topological polar surface area (TPSA) is 114 Å². The standard InChI is InChI=1S/C25H27FN4O4/c1-16(18-7-8-19(21(26)13-18)17-5-3-2-4-6-17)24-20(14-23(31)32)22(34-29-24)15-28-25(27)30-9-11-33-12-10-30/h2-8,13,16H,9-12,14-15H2,1H3,(H2,27,28)(H,31,32). The number of aliphatic imine (C=N–C) groups is 1. The molecule has 1 fully saturated rings. The lowest BCUT2D eigenvalue weighted by atomic mass is 9.91. The van der Waals surface area contributed by atoms with Gasteiger partial charge in [0.05, 0.1) is 25.3 Å². The number of aliphatic carboxylic acids is 1. The van der Waals surface area contributed by atoms with Crippen molar-refractivity contribution < 1.29 is 23.6 Å². The highest BCUT2D eigenvalue weighted by atomic mass is 19.1. The molecule has 0 radical (unpaired) electrons. The molecule has 4 rings (SSSR count). The fourth-order valence-corrected chi connectivity index (χ4v) is 4.02. The summed E-state index contributed by atoms with van der Waals surface area (Å²) in [6, 6.07) is 14.3. The van der Waals surface area contributed by atoms with Crippen LogP contribution in [0.2, 0.25) is 0 Å². The summed E-state index contributed by atoms with van der Waals surface area (Å²) in [5.74, 6) is -1.08. The Morgan fingerprint density at radius 2 is 1.97 bits per heavy atom. The van der Waals surface area contributed by atoms with Crippen molar-refractivity contribution in [3.05, 3.63) is 76.9 Å². The van der Waals surface area contributed by atoms with Gasteiger partial charge in [-0.15, -0.1) is 0 Å². The van der Waals surface area contributed by atoms with Crippen LogP contribution in [0.4, 0.5) is 4.39 Å². The zero-order valence-corrected chi connectivity index (χ0v) is 18.9. The second-order valence-electron chi connectivity index (χ2n) is 8.14. The first-order chi connectivity index (χ1) is 16.4. The number of hydrogen-bond acceptors (Lipinski definition) is 5. The summed E-state index contributed by atoms with van der Waals surface area (Å²) in [5.41, 5.74) is 8.91. The summed E-state index contributed by atoms with van der Waals surface area (Å²) < 4.78 is 25.7. The number of nitrogens with two attached hydrogens (primary N) is 1. The molecule has 34 heavy (non-hydrogen) atoms. The number of carboxylic acids is 1. The van der Waals surface area contributed by atoms with Crippen LogP contribution in [-0.4, -0.2) is 53.4 Å². The van der Waals surface area contributed by atoms with E-state index in [1.807, 2.05) is 48.2 Å². The highest BCUT2D eigenvalue weighted by Crippen LogP contribution is 2.32. The molecule has 0 bridgehead atoms. The van der Waals surface area contributed by atoms with Crippen LogP contribution >= 0.6 is 0 Å². The van der Waals surface area contributed by atoms with Crippen molar-refractivity contribution in [2.24, 2.45) is 10.7 Å². The van der Waals surface area contributed by atoms with Crippen molar-refractivity contribution in [1.82, 2.24) is 10.1 Å². The Kier molecular flexibility index (Phi) is 7.22. The number of rotatable bonds is 7. The third-order valence-corrected chi connectivity index (χ3v) is 5.94. The van der Waals surface area contributed by atoms with Gasteiger partial charge < -0.3 is 25.0 Å². The first-order valence-corrected chi connectivity index (χ1v) is 11.1. The third-order valence-electron chi connectivity index (χ3n) is 5.94. The predicted molar refractivity (Wildman–Crippen MR) is 125 cm³/mol. The van der Waals surface area contributed by atoms with E-state index in [0.717, 1.165) is 5.56 Å². The number of carboxylic acid groups (broad SMARTS) is 1. The predicted octanol–water partition coefficient (Wildman–Crippen LogP) is 3.41. The van der Waals surface area contributed by atoms with Gasteiger partial charge in [-0.2, -0.15) is 0 Å². The van der Waals surface area contributed by atoms with Crippen molar-refractivity contribution in [3.8, 4) is 11.1 Å². The molecule has 0 spiro atoms. The number of morpholine rings is 1. The molecule has 2 aromatic carbocycles. The number of halogens is 1. The maximum Gasteiger partial charge on any atom is 0.308 e. The monoisotopic (exact) mass is 466 g/mol. The van der Waals surface area contributed by atoms with E-state index in [9.17, 15) is 14.3 Å². The molecule has 1 unspecified atom stereocenters. The molecule has 178 valence electrons. The quantitative estimate of drug-likeness (QED) is 0.405. The van der Waals surface area contributed by atoms with Gasteiger partial charge in [-0.3, -0.25) is 4.79 Å². The van der Waals surface area contributed by atoms with E-state index < -0.39 is 5.97 Å². The van der Waals surface area contributed by atoms with Crippen LogP contribution < -0.4 is 5.73 Å². The molecule has 2 heterocycles. The van der Waals surface area contributed by atoms with Crippen LogP contribution in [0.3, 0.4) is 0 Å². The zero-order chi connectivity index (χ0) is 24.1. The van der Waals surface area contributed by atoms with Crippen LogP contribution in [-0.2, 0) is 22.5 Å². The highest BCUT2D eigenvalue weighted by Gasteiger charge is 2.25. The van der Waals surface area contributed by atoms with E-state index in [0.29, 0.717) is 60.4 Å². The van der Waals surface area contributed by atoms with E-state index in [2.05, 4.69) is 10.1 Å². The Balaban J connectivity index is 1.59. The first-order valence-electron chi connectivity index (χ1n) is 11.1. The fourth-order valence-electron chi connectivity index (χ4n) is 4.02. The van der Waals surface area contributed by atoms with Crippen LogP contribution in [0.25, 0.3) is 11.1 Å². The van der Waals surface area contributed by atoms with Gasteiger partial charge in [0.1, 0.15) is 12.4 Å². The molecule has 1 saturated heterocycles. The second kappa shape index (κ2) is 10.5. The smallest absolute Gasteiger partial charge is 0.308 e. The van der Waals surface area contributed by atoms with E-state index in [1.165, 1.54) is 6.07 Å². The van der Waals surface area contributed by atoms with Crippen molar-refractivity contribution in [1.29, 1.82) is 0 Å². The second-order valence-corrected chi connectivity index (χ2v) is 8.14. The van der Waals surface area contributed by atoms with E-state index in [-0.39, 0.29) is 24.7 Å². The summed E-state index contributed by atoms with van der Waals surface area (Å²) in [5, 5.41) is 13.6. The maximum atomic E-state index is 14.9. The van der Waals surface area contributed by atoms with E-state index in [4.69, 9.17) is 15.0 Å². The molecule has 1 atom stereocenters. The molecule has 0 saturated carbocycles. The molecule has 1 aliphatic rings. The van der Waals surface area contributed by atoms with Crippen LogP contribution in [0.1, 0.15) is 35.4 Å². The SMILES string of the molecule is CC(c1ccc(-c2ccccc2)c(F)c1)c1noc(CN=C(N)N2CCOCC2)c1CC(=O)O. The molecular weight excluding hydrogens is 439 g/mol. The molecule has 9 heteroatoms. The Labute approximate surface area is 196 Å². The number of benzene rings is 2. The summed E-state index contributed by atoms with van der Waals surface area (Å²) in [6.45, 7) is 4.33. The fraction of sp³-hybridized carbons (Fsp3) is 0.320. The minimum Gasteiger partial charge on any atom is -0.481 e. The van der Waals surface area contributed by atoms with Gasteiger partial charge in [-0.05, 0) is 17.2 Å². The summed E-state index contributed by atoms with van der Waals surface area (Å²) in [4.78, 5) is 17.8. The van der Waals surface area contributed by atoms with Crippen molar-refractivity contribution >= 4 is 11.9 Å². The van der Waals surface area contributed by atoms with Gasteiger partial charge in [0.15, 0.2) is 11.7 Å². The minimum absolute atomic E-state index is 0.0623. The first kappa shape index (κ1) is 23.4. The number of hydrogen-bond donors (Lipinski definition) is 2.